The molecule has 2 aliphatic rings. The van der Waals surface area contributed by atoms with Crippen molar-refractivity contribution in [1.82, 2.24) is 38.7 Å². The van der Waals surface area contributed by atoms with Crippen molar-refractivity contribution in [2.75, 3.05) is 52.2 Å². The summed E-state index contributed by atoms with van der Waals surface area (Å²) in [6.45, 7) is -17.9. The Bertz CT molecular complexity index is 5700. The molecule has 0 saturated carbocycles. The Morgan fingerprint density at radius 1 is 0.568 bits per heavy atom. The molecular weight excluding hydrogens is 1270 g/mol. The van der Waals surface area contributed by atoms with Crippen molar-refractivity contribution < 1.29 is 89.9 Å². The van der Waals surface area contributed by atoms with Crippen LogP contribution in [0.5, 0.6) is 0 Å². The lowest BCUT2D eigenvalue weighted by Crippen LogP contribution is -2.40. The van der Waals surface area contributed by atoms with Crippen LogP contribution < -0.4 is 11.1 Å². The third-order valence-electron chi connectivity index (χ3n) is 14.0. The van der Waals surface area contributed by atoms with Crippen LogP contribution in [0, 0.1) is 18.6 Å². The number of carbonyl (C=O) groups excluding carboxylic acids is 2. The number of hydrogen-bond acceptors (Lipinski definition) is 10. The van der Waals surface area contributed by atoms with E-state index >= 15 is 4.79 Å². The largest absolute Gasteiger partial charge is 0.416 e. The number of thioether (sulfide) groups is 2. The molecule has 2 amide bonds. The van der Waals surface area contributed by atoms with Gasteiger partial charge in [-0.25, -0.2) is 8.78 Å². The number of rotatable bonds is 26. The minimum Gasteiger partial charge on any atom is -0.336 e. The molecule has 0 radical (unpaired) electrons. The number of benzene rings is 6. The predicted molar refractivity (Wildman–Crippen MR) is 358 cm³/mol. The van der Waals surface area contributed by atoms with Crippen LogP contribution in [0.4, 0.5) is 35.1 Å². The number of nitrogens with zero attached hydrogens (tertiary/aromatic N) is 8. The number of hydrogen-bond donors (Lipinski definition) is 0. The average Bonchev–Trinajstić information content (AvgIpc) is 1.52. The minimum absolute atomic E-state index is 0.00137. The Kier molecular flexibility index (Phi) is 13.5. The predicted octanol–water partition coefficient (Wildman–Crippen LogP) is 14.7. The number of carbonyl (C=O) groups is 2. The third-order valence-corrected chi connectivity index (χ3v) is 15.7. The number of alkyl halides is 6. The topological polar surface area (TPSA) is 117 Å². The van der Waals surface area contributed by atoms with Gasteiger partial charge in [-0.15, -0.1) is 0 Å². The zero-order chi connectivity index (χ0) is 97.3. The number of amides is 2. The molecular formula is C73H78F8N8O4S2. The molecule has 22 heteroatoms. The molecule has 0 unspecified atom stereocenters. The first kappa shape index (κ1) is 39.3. The van der Waals surface area contributed by atoms with E-state index in [4.69, 9.17) is 39.8 Å². The first-order valence-electron chi connectivity index (χ1n) is 45.2. The normalized spacial score (nSPS) is 20.7. The van der Waals surface area contributed by atoms with Crippen molar-refractivity contribution in [2.24, 2.45) is 0 Å². The smallest absolute Gasteiger partial charge is 0.336 e. The summed E-state index contributed by atoms with van der Waals surface area (Å²) in [5.74, 6) is -5.39. The van der Waals surface area contributed by atoms with E-state index in [1.165, 1.54) is 53.1 Å². The van der Waals surface area contributed by atoms with Gasteiger partial charge in [0.15, 0.2) is 10.3 Å². The number of likely N-dealkylation sites (N-methyl/N-ethyl adjacent to an activating group) is 2. The maximum Gasteiger partial charge on any atom is 0.416 e. The zero-order valence-electron chi connectivity index (χ0n) is 83.8. The van der Waals surface area contributed by atoms with Gasteiger partial charge in [0.2, 0.25) is 11.8 Å². The molecule has 12 nitrogen and oxygen atoms in total. The standard InChI is InChI=1S/C37H40F4N4O2S.C36H38F4N4O2S/c1-4-43(5-2)19-20-44(22-26-9-13-28(14-10-26)29-15-18-32(25(3)21-29)37(39,40)41)34(46)23-45-33-8-6-7-31(33)35(47)42-36(45)48-24-27-11-16-30(38)17-12-27;1-3-42(4-2)20-21-43(22-25-8-12-27(13-9-25)28-14-16-29(17-15-28)36(38,39)40)33(45)23-44-32-7-5-6-31(32)34(46)41-35(44)47-24-26-10-18-30(37)19-11-26/h9-18,21H,4-8,19-20,22-24H2,1-3H3;8-19H,3-7,20-24H2,1-2H3/i4D2,5D2,6D2,7D2,8D2,9D,10D,11D,12D,13D,14D,15D,16D,17D,18D,21D,22D2,24D2;20D2,21D2,22D2,24D2. The highest BCUT2D eigenvalue weighted by Gasteiger charge is 2.33. The van der Waals surface area contributed by atoms with Crippen LogP contribution in [-0.2, 0) is 85.0 Å². The van der Waals surface area contributed by atoms with Gasteiger partial charge in [0.05, 0.1) is 34.4 Å². The van der Waals surface area contributed by atoms with Crippen molar-refractivity contribution in [3.63, 3.8) is 0 Å². The van der Waals surface area contributed by atoms with E-state index < -0.39 is 264 Å². The van der Waals surface area contributed by atoms with Crippen LogP contribution >= 0.6 is 23.5 Å². The molecule has 0 spiro atoms. The summed E-state index contributed by atoms with van der Waals surface area (Å²) in [7, 11) is 0. The summed E-state index contributed by atoms with van der Waals surface area (Å²) in [4.78, 5) is 65.9. The fourth-order valence-corrected chi connectivity index (χ4v) is 10.6. The lowest BCUT2D eigenvalue weighted by molar-refractivity contribution is -0.138. The van der Waals surface area contributed by atoms with E-state index in [0.717, 1.165) is 49.9 Å². The van der Waals surface area contributed by atoms with Gasteiger partial charge in [-0.2, -0.15) is 36.3 Å². The van der Waals surface area contributed by atoms with Crippen LogP contribution in [0.25, 0.3) is 22.3 Å². The SMILES string of the molecule is [2H]C([2H])(Sc1nc(=O)c2c(n1CC(=O)N(C([2H])([2H])c1ccc(-c3ccc(C(F)(F)F)cc3)cc1)C([2H])([2H])C([2H])([2H])N(CC)CC)CCC2)c1ccc(F)cc1.[2H]c1c([2H])c(C([2H])([2H])Sc2nc(=O)c3c(n2CC(=O)N(CCN(C([2H])([2H])C)C([2H])([2H])C)C([2H])([2H])c2c([2H])c([2H])c(-c4c([2H])c([2H])c(C(F)(F)F)c(C)c4[2H])c([2H])c2[2H])C([2H])([2H])C([2H])([2H])C3([2H])[2H])c([2H])c([2H])c1F. The second-order valence-corrected chi connectivity index (χ2v) is 21.7. The van der Waals surface area contributed by atoms with Gasteiger partial charge in [0, 0.05) is 94.9 Å². The summed E-state index contributed by atoms with van der Waals surface area (Å²) in [5, 5.41) is -1.51. The highest BCUT2D eigenvalue weighted by molar-refractivity contribution is 7.98. The maximum atomic E-state index is 15.1. The van der Waals surface area contributed by atoms with Crippen molar-refractivity contribution in [1.29, 1.82) is 0 Å². The quantitative estimate of drug-likeness (QED) is 0.0295. The van der Waals surface area contributed by atoms with Gasteiger partial charge in [-0.05, 0) is 164 Å². The summed E-state index contributed by atoms with van der Waals surface area (Å²) in [6.07, 6.45) is -19.9. The van der Waals surface area contributed by atoms with Gasteiger partial charge < -0.3 is 28.7 Å². The lowest BCUT2D eigenvalue weighted by atomic mass is 9.98. The Balaban J connectivity index is 0.000000300. The van der Waals surface area contributed by atoms with Crippen molar-refractivity contribution in [3.05, 3.63) is 233 Å². The molecule has 95 heavy (non-hydrogen) atoms. The molecule has 6 aromatic carbocycles. The molecule has 2 aliphatic carbocycles. The maximum absolute atomic E-state index is 15.1. The molecule has 0 aliphatic heterocycles. The van der Waals surface area contributed by atoms with Crippen LogP contribution in [0.15, 0.2) is 159 Å². The van der Waals surface area contributed by atoms with E-state index in [1.807, 2.05) is 0 Å². The Morgan fingerprint density at radius 3 is 1.72 bits per heavy atom. The van der Waals surface area contributed by atoms with Gasteiger partial charge in [0.25, 0.3) is 11.1 Å². The average molecular weight is 1380 g/mol. The zero-order valence-corrected chi connectivity index (χ0v) is 52.5. The Morgan fingerprint density at radius 2 is 1.12 bits per heavy atom. The summed E-state index contributed by atoms with van der Waals surface area (Å²) in [6, 6.07) is -1.02. The van der Waals surface area contributed by atoms with Gasteiger partial charge in [-0.3, -0.25) is 19.2 Å². The van der Waals surface area contributed by atoms with Crippen LogP contribution in [0.2, 0.25) is 0 Å². The third kappa shape index (κ3) is 19.0. The first-order chi connectivity index (χ1) is 58.2. The lowest BCUT2D eigenvalue weighted by Gasteiger charge is -2.28. The van der Waals surface area contributed by atoms with Gasteiger partial charge in [-0.1, -0.05) is 148 Å². The van der Waals surface area contributed by atoms with E-state index in [1.54, 1.807) is 13.8 Å². The van der Waals surface area contributed by atoms with Crippen LogP contribution in [0.1, 0.15) is 147 Å². The number of fused-ring (bicyclic) bond motifs is 2. The molecule has 0 fully saturated rings. The fraction of sp³-hybridized carbons (Fsp3) is 0.370. The molecule has 10 rings (SSSR count). The van der Waals surface area contributed by atoms with Crippen molar-refractivity contribution in [3.8, 4) is 22.3 Å². The fourth-order valence-electron chi connectivity index (χ4n) is 9.16. The monoisotopic (exact) mass is 1380 g/mol. The number of halogens is 8. The van der Waals surface area contributed by atoms with Crippen molar-refractivity contribution >= 4 is 35.3 Å². The second-order valence-electron chi connectivity index (χ2n) is 20.2. The molecule has 2 aromatic heterocycles. The van der Waals surface area contributed by atoms with Gasteiger partial charge >= 0.3 is 12.4 Å². The summed E-state index contributed by atoms with van der Waals surface area (Å²) in [5.41, 5.74) is -18.2. The molecule has 0 saturated heterocycles. The summed E-state index contributed by atoms with van der Waals surface area (Å²) < 4.78 is 397. The van der Waals surface area contributed by atoms with E-state index in [0.29, 0.717) is 46.3 Å². The van der Waals surface area contributed by atoms with Gasteiger partial charge in [0.1, 0.15) is 24.7 Å². The second kappa shape index (κ2) is 32.7. The van der Waals surface area contributed by atoms with E-state index in [9.17, 15) is 55.0 Å². The highest BCUT2D eigenvalue weighted by atomic mass is 32.2. The first-order valence-corrected chi connectivity index (χ1v) is 30.3. The Labute approximate surface area is 603 Å². The molecule has 0 N–H and O–H groups in total. The minimum atomic E-state index is -5.28. The number of aromatic nitrogens is 4. The molecule has 2 heterocycles. The van der Waals surface area contributed by atoms with Crippen LogP contribution in [0.3, 0.4) is 0 Å². The Hall–Kier alpha value is -7.92. The van der Waals surface area contributed by atoms with Crippen LogP contribution in [-0.4, -0.2) is 103 Å². The molecule has 502 valence electrons. The molecule has 8 aromatic rings. The van der Waals surface area contributed by atoms with E-state index in [2.05, 4.69) is 9.97 Å². The molecule has 0 bridgehead atoms. The van der Waals surface area contributed by atoms with Crippen molar-refractivity contribution in [2.45, 2.75) is 133 Å². The highest BCUT2D eigenvalue weighted by Crippen LogP contribution is 2.36. The summed E-state index contributed by atoms with van der Waals surface area (Å²) >= 11 is 0.0681. The molecule has 0 atom stereocenters. The van der Waals surface area contributed by atoms with E-state index in [-0.39, 0.29) is 67.5 Å².